The van der Waals surface area contributed by atoms with E-state index in [1.165, 1.54) is 49.0 Å². The molecule has 3 heterocycles. The van der Waals surface area contributed by atoms with Gasteiger partial charge in [-0.1, -0.05) is 97.1 Å². The van der Waals surface area contributed by atoms with Crippen LogP contribution in [0.25, 0.3) is 98.6 Å². The monoisotopic (exact) mass is 609 g/mol. The van der Waals surface area contributed by atoms with Crippen LogP contribution >= 0.6 is 0 Å². The van der Waals surface area contributed by atoms with Gasteiger partial charge in [-0.2, -0.15) is 0 Å². The molecule has 0 aliphatic heterocycles. The summed E-state index contributed by atoms with van der Waals surface area (Å²) in [6.07, 6.45) is 7.50. The zero-order valence-corrected chi connectivity index (χ0v) is 25.9. The molecule has 3 aromatic heterocycles. The van der Waals surface area contributed by atoms with E-state index in [0.717, 1.165) is 49.6 Å². The van der Waals surface area contributed by atoms with Crippen molar-refractivity contribution in [3.05, 3.63) is 164 Å². The second kappa shape index (κ2) is 10.5. The van der Waals surface area contributed by atoms with E-state index in [-0.39, 0.29) is 0 Å². The van der Waals surface area contributed by atoms with E-state index >= 15 is 0 Å². The Balaban J connectivity index is 1.27. The Morgan fingerprint density at radius 1 is 0.312 bits per heavy atom. The van der Waals surface area contributed by atoms with Crippen LogP contribution in [-0.4, -0.2) is 15.0 Å². The summed E-state index contributed by atoms with van der Waals surface area (Å²) < 4.78 is 0. The molecule has 0 bridgehead atoms. The van der Waals surface area contributed by atoms with Crippen molar-refractivity contribution >= 4 is 54.1 Å². The number of nitrogens with zero attached hydrogens (tertiary/aromatic N) is 3. The third kappa shape index (κ3) is 4.11. The maximum absolute atomic E-state index is 4.83. The standard InChI is InChI=1S/C45H27N3/c1-5-31-7-3-21-47-44(31)38(9-1)34-25-33(26-35(27-34)39-10-2-6-32-8-4-22-48-45(32)39)37-16-12-30-13-17-40-36(28-19-23-46-24-20-28)15-11-29-14-18-41(37)43(30)42(29)40/h1-27H. The smallest absolute Gasteiger partial charge is 0.0780 e. The van der Waals surface area contributed by atoms with Gasteiger partial charge in [-0.05, 0) is 108 Å². The lowest BCUT2D eigenvalue weighted by atomic mass is 9.86. The molecule has 3 heteroatoms. The highest BCUT2D eigenvalue weighted by atomic mass is 14.7. The molecule has 0 aliphatic carbocycles. The fraction of sp³-hybridized carbons (Fsp3) is 0. The molecule has 0 amide bonds. The van der Waals surface area contributed by atoms with E-state index in [9.17, 15) is 0 Å². The minimum Gasteiger partial charge on any atom is -0.265 e. The van der Waals surface area contributed by atoms with E-state index in [4.69, 9.17) is 9.97 Å². The lowest BCUT2D eigenvalue weighted by molar-refractivity contribution is 1.33. The molecule has 48 heavy (non-hydrogen) atoms. The van der Waals surface area contributed by atoms with Crippen LogP contribution in [0.5, 0.6) is 0 Å². The molecule has 0 radical (unpaired) electrons. The number of hydrogen-bond donors (Lipinski definition) is 0. The van der Waals surface area contributed by atoms with E-state index in [2.05, 4.69) is 132 Å². The third-order valence-electron chi connectivity index (χ3n) is 9.79. The molecule has 0 fully saturated rings. The van der Waals surface area contributed by atoms with Gasteiger partial charge in [0.25, 0.3) is 0 Å². The highest BCUT2D eigenvalue weighted by Crippen LogP contribution is 2.44. The zero-order valence-electron chi connectivity index (χ0n) is 25.9. The van der Waals surface area contributed by atoms with Crippen LogP contribution in [0.3, 0.4) is 0 Å². The van der Waals surface area contributed by atoms with Crippen LogP contribution in [0.1, 0.15) is 0 Å². The maximum Gasteiger partial charge on any atom is 0.0780 e. The molecule has 0 aliphatic rings. The normalized spacial score (nSPS) is 11.8. The van der Waals surface area contributed by atoms with Gasteiger partial charge in [0.15, 0.2) is 0 Å². The molecule has 0 saturated heterocycles. The predicted molar refractivity (Wildman–Crippen MR) is 200 cm³/mol. The molecule has 10 rings (SSSR count). The van der Waals surface area contributed by atoms with E-state index in [0.29, 0.717) is 0 Å². The van der Waals surface area contributed by atoms with Gasteiger partial charge in [0.05, 0.1) is 11.0 Å². The summed E-state index contributed by atoms with van der Waals surface area (Å²) in [4.78, 5) is 13.9. The van der Waals surface area contributed by atoms with E-state index < -0.39 is 0 Å². The van der Waals surface area contributed by atoms with Crippen LogP contribution in [0.2, 0.25) is 0 Å². The quantitative estimate of drug-likeness (QED) is 0.186. The van der Waals surface area contributed by atoms with Crippen LogP contribution in [0.4, 0.5) is 0 Å². The Kier molecular flexibility index (Phi) is 5.87. The number of benzene rings is 7. The van der Waals surface area contributed by atoms with Gasteiger partial charge in [0.1, 0.15) is 0 Å². The molecule has 3 nitrogen and oxygen atoms in total. The summed E-state index contributed by atoms with van der Waals surface area (Å²) in [6.45, 7) is 0. The third-order valence-corrected chi connectivity index (χ3v) is 9.79. The van der Waals surface area contributed by atoms with Crippen molar-refractivity contribution in [1.82, 2.24) is 15.0 Å². The first-order chi connectivity index (χ1) is 23.8. The van der Waals surface area contributed by atoms with Crippen LogP contribution in [-0.2, 0) is 0 Å². The van der Waals surface area contributed by atoms with Gasteiger partial charge < -0.3 is 0 Å². The molecular weight excluding hydrogens is 583 g/mol. The Hall–Kier alpha value is -6.45. The number of pyridine rings is 3. The minimum absolute atomic E-state index is 0.998. The Labute approximate surface area is 277 Å². The van der Waals surface area contributed by atoms with Gasteiger partial charge in [0.2, 0.25) is 0 Å². The van der Waals surface area contributed by atoms with Gasteiger partial charge in [-0.3, -0.25) is 15.0 Å². The maximum atomic E-state index is 4.83. The van der Waals surface area contributed by atoms with Gasteiger partial charge >= 0.3 is 0 Å². The molecule has 0 spiro atoms. The second-order valence-electron chi connectivity index (χ2n) is 12.4. The summed E-state index contributed by atoms with van der Waals surface area (Å²) in [5.74, 6) is 0. The van der Waals surface area contributed by atoms with Crippen LogP contribution in [0.15, 0.2) is 164 Å². The first-order valence-corrected chi connectivity index (χ1v) is 16.2. The molecule has 0 atom stereocenters. The molecule has 0 unspecified atom stereocenters. The number of aromatic nitrogens is 3. The summed E-state index contributed by atoms with van der Waals surface area (Å²) in [5, 5.41) is 9.84. The molecule has 0 N–H and O–H groups in total. The van der Waals surface area contributed by atoms with Crippen molar-refractivity contribution in [1.29, 1.82) is 0 Å². The predicted octanol–water partition coefficient (Wildman–Crippen LogP) is 11.7. The summed E-state index contributed by atoms with van der Waals surface area (Å²) in [6, 6.07) is 50.5. The highest BCUT2D eigenvalue weighted by molar-refractivity contribution is 6.27. The Bertz CT molecular complexity index is 2730. The van der Waals surface area contributed by atoms with Gasteiger partial charge in [-0.15, -0.1) is 0 Å². The topological polar surface area (TPSA) is 38.7 Å². The SMILES string of the molecule is c1cnc2c(-c3cc(-c4ccc5ccc6c(-c7ccncc7)ccc7ccc4c5c76)cc(-c4cccc5cccnc45)c3)cccc2c1. The van der Waals surface area contributed by atoms with Crippen LogP contribution in [0, 0.1) is 0 Å². The molecule has 7 aromatic carbocycles. The van der Waals surface area contributed by atoms with Crippen molar-refractivity contribution in [2.75, 3.05) is 0 Å². The first kappa shape index (κ1) is 26.7. The first-order valence-electron chi connectivity index (χ1n) is 16.2. The number of para-hydroxylation sites is 2. The van der Waals surface area contributed by atoms with Crippen molar-refractivity contribution in [2.45, 2.75) is 0 Å². The summed E-state index contributed by atoms with van der Waals surface area (Å²) >= 11 is 0. The average molecular weight is 610 g/mol. The van der Waals surface area contributed by atoms with E-state index in [1.807, 2.05) is 36.9 Å². The summed E-state index contributed by atoms with van der Waals surface area (Å²) in [7, 11) is 0. The largest absolute Gasteiger partial charge is 0.265 e. The van der Waals surface area contributed by atoms with Crippen LogP contribution < -0.4 is 0 Å². The number of hydrogen-bond acceptors (Lipinski definition) is 3. The minimum atomic E-state index is 0.998. The Morgan fingerprint density at radius 2 is 0.771 bits per heavy atom. The molecule has 222 valence electrons. The van der Waals surface area contributed by atoms with Crippen molar-refractivity contribution in [3.63, 3.8) is 0 Å². The lowest BCUT2D eigenvalue weighted by Crippen LogP contribution is -1.92. The fourth-order valence-corrected chi connectivity index (χ4v) is 7.60. The van der Waals surface area contributed by atoms with Gasteiger partial charge in [0, 0.05) is 46.7 Å². The molecule has 0 saturated carbocycles. The number of rotatable bonds is 4. The van der Waals surface area contributed by atoms with Crippen molar-refractivity contribution in [2.24, 2.45) is 0 Å². The molecule has 10 aromatic rings. The van der Waals surface area contributed by atoms with Crippen molar-refractivity contribution in [3.8, 4) is 44.5 Å². The average Bonchev–Trinajstić information content (AvgIpc) is 3.16. The summed E-state index contributed by atoms with van der Waals surface area (Å²) in [5.41, 5.74) is 11.3. The highest BCUT2D eigenvalue weighted by Gasteiger charge is 2.17. The van der Waals surface area contributed by atoms with Gasteiger partial charge in [-0.25, -0.2) is 0 Å². The fourth-order valence-electron chi connectivity index (χ4n) is 7.60. The van der Waals surface area contributed by atoms with E-state index in [1.54, 1.807) is 0 Å². The molecular formula is C45H27N3. The lowest BCUT2D eigenvalue weighted by Gasteiger charge is -2.18. The Morgan fingerprint density at radius 3 is 1.31 bits per heavy atom. The number of fused-ring (bicyclic) bond motifs is 2. The second-order valence-corrected chi connectivity index (χ2v) is 12.4. The zero-order chi connectivity index (χ0) is 31.6. The van der Waals surface area contributed by atoms with Crippen molar-refractivity contribution < 1.29 is 0 Å².